The largest absolute Gasteiger partial charge is 0.480 e. The zero-order chi connectivity index (χ0) is 14.3. The lowest BCUT2D eigenvalue weighted by Gasteiger charge is -2.39. The number of hydrogen-bond donors (Lipinski definition) is 3. The van der Waals surface area contributed by atoms with E-state index in [1.165, 1.54) is 0 Å². The molecule has 106 valence electrons. The van der Waals surface area contributed by atoms with Crippen LogP contribution in [0.25, 0.3) is 0 Å². The van der Waals surface area contributed by atoms with E-state index < -0.39 is 17.4 Å². The van der Waals surface area contributed by atoms with Gasteiger partial charge >= 0.3 is 5.97 Å². The fourth-order valence-corrected chi connectivity index (χ4v) is 2.90. The Morgan fingerprint density at radius 1 is 1.30 bits per heavy atom. The third kappa shape index (κ3) is 1.92. The molecule has 2 aliphatic carbocycles. The third-order valence-electron chi connectivity index (χ3n) is 4.29. The number of hydrogen-bond acceptors (Lipinski definition) is 4. The average Bonchev–Trinajstić information content (AvgIpc) is 2.78. The van der Waals surface area contributed by atoms with Gasteiger partial charge in [0.25, 0.3) is 5.91 Å². The quantitative estimate of drug-likeness (QED) is 0.762. The molecule has 0 bridgehead atoms. The van der Waals surface area contributed by atoms with Gasteiger partial charge in [0.2, 0.25) is 0 Å². The number of carbonyl (C=O) groups excluding carboxylic acids is 1. The molecule has 4 N–H and O–H groups in total. The van der Waals surface area contributed by atoms with E-state index in [9.17, 15) is 14.7 Å². The summed E-state index contributed by atoms with van der Waals surface area (Å²) in [4.78, 5) is 27.4. The van der Waals surface area contributed by atoms with Crippen LogP contribution in [0.3, 0.4) is 0 Å². The number of amides is 1. The Balaban J connectivity index is 2.00. The molecule has 6 nitrogen and oxygen atoms in total. The van der Waals surface area contributed by atoms with Crippen molar-refractivity contribution in [1.29, 1.82) is 0 Å². The summed E-state index contributed by atoms with van der Waals surface area (Å²) in [5.74, 6) is -1.16. The van der Waals surface area contributed by atoms with Gasteiger partial charge in [-0.3, -0.25) is 4.79 Å². The fraction of sp³-hybridized carbons (Fsp3) is 0.500. The minimum atomic E-state index is -0.996. The maximum atomic E-state index is 11.6. The van der Waals surface area contributed by atoms with E-state index in [1.807, 2.05) is 0 Å². The van der Waals surface area contributed by atoms with Gasteiger partial charge in [-0.2, -0.15) is 0 Å². The van der Waals surface area contributed by atoms with Crippen molar-refractivity contribution in [3.05, 3.63) is 22.9 Å². The van der Waals surface area contributed by atoms with Gasteiger partial charge in [0.1, 0.15) is 11.4 Å². The molecule has 1 amide bonds. The highest BCUT2D eigenvalue weighted by atomic mass is 16.4. The second kappa shape index (κ2) is 4.47. The van der Waals surface area contributed by atoms with Gasteiger partial charge in [-0.25, -0.2) is 9.78 Å². The lowest BCUT2D eigenvalue weighted by Crippen LogP contribution is -2.52. The Morgan fingerprint density at radius 3 is 2.60 bits per heavy atom. The summed E-state index contributed by atoms with van der Waals surface area (Å²) in [6.45, 7) is 0. The third-order valence-corrected chi connectivity index (χ3v) is 4.29. The first-order valence-electron chi connectivity index (χ1n) is 6.86. The van der Waals surface area contributed by atoms with E-state index in [4.69, 9.17) is 5.73 Å². The normalized spacial score (nSPS) is 19.0. The number of primary amides is 1. The zero-order valence-electron chi connectivity index (χ0n) is 11.1. The summed E-state index contributed by atoms with van der Waals surface area (Å²) < 4.78 is 0. The lowest BCUT2D eigenvalue weighted by atomic mass is 9.76. The number of anilines is 1. The Labute approximate surface area is 116 Å². The number of nitrogens with two attached hydrogens (primary N) is 1. The molecule has 0 unspecified atom stereocenters. The first-order chi connectivity index (χ1) is 9.52. The number of carboxylic acid groups (broad SMARTS) is 1. The minimum Gasteiger partial charge on any atom is -0.480 e. The number of carbonyl (C=O) groups is 2. The van der Waals surface area contributed by atoms with E-state index in [-0.39, 0.29) is 5.56 Å². The molecule has 6 heteroatoms. The molecule has 3 rings (SSSR count). The van der Waals surface area contributed by atoms with Gasteiger partial charge in [0.15, 0.2) is 0 Å². The molecule has 0 atom stereocenters. The van der Waals surface area contributed by atoms with Crippen LogP contribution in [0.15, 0.2) is 6.07 Å². The highest BCUT2D eigenvalue weighted by Crippen LogP contribution is 2.36. The lowest BCUT2D eigenvalue weighted by molar-refractivity contribution is -0.145. The smallest absolute Gasteiger partial charge is 0.329 e. The van der Waals surface area contributed by atoms with Crippen molar-refractivity contribution in [3.8, 4) is 0 Å². The predicted molar refractivity (Wildman–Crippen MR) is 72.6 cm³/mol. The van der Waals surface area contributed by atoms with E-state index >= 15 is 0 Å². The molecule has 1 aromatic rings. The summed E-state index contributed by atoms with van der Waals surface area (Å²) in [6.07, 6.45) is 4.71. The number of nitrogens with zero attached hydrogens (tertiary/aromatic N) is 1. The highest BCUT2D eigenvalue weighted by molar-refractivity contribution is 5.99. The Morgan fingerprint density at radius 2 is 2.05 bits per heavy atom. The van der Waals surface area contributed by atoms with Crippen molar-refractivity contribution in [2.24, 2.45) is 5.73 Å². The number of aryl methyl sites for hydroxylation is 2. The molecule has 1 saturated carbocycles. The Hall–Kier alpha value is -2.11. The molecule has 1 aromatic heterocycles. The summed E-state index contributed by atoms with van der Waals surface area (Å²) in [6, 6.07) is 1.76. The number of pyridine rings is 1. The van der Waals surface area contributed by atoms with Crippen LogP contribution in [0.2, 0.25) is 0 Å². The van der Waals surface area contributed by atoms with Crippen molar-refractivity contribution in [3.63, 3.8) is 0 Å². The molecular weight excluding hydrogens is 258 g/mol. The summed E-state index contributed by atoms with van der Waals surface area (Å²) in [5.41, 5.74) is 6.68. The van der Waals surface area contributed by atoms with Crippen molar-refractivity contribution >= 4 is 17.7 Å². The molecule has 1 fully saturated rings. The van der Waals surface area contributed by atoms with E-state index in [2.05, 4.69) is 10.3 Å². The molecule has 1 heterocycles. The van der Waals surface area contributed by atoms with Crippen LogP contribution in [0.4, 0.5) is 5.82 Å². The number of rotatable bonds is 4. The maximum Gasteiger partial charge on any atom is 0.329 e. The number of fused-ring (bicyclic) bond motifs is 1. The van der Waals surface area contributed by atoms with Crippen LogP contribution in [0.1, 0.15) is 47.3 Å². The predicted octanol–water partition coefficient (Wildman–Crippen LogP) is 1.09. The van der Waals surface area contributed by atoms with Crippen molar-refractivity contribution in [2.45, 2.75) is 44.1 Å². The molecule has 0 aliphatic heterocycles. The van der Waals surface area contributed by atoms with Crippen LogP contribution >= 0.6 is 0 Å². The van der Waals surface area contributed by atoms with Crippen molar-refractivity contribution in [1.82, 2.24) is 4.98 Å². The standard InChI is InChI=1S/C14H17N3O3/c15-11(18)9-7-8-3-1-4-10(8)16-12(9)17-14(13(19)20)5-2-6-14/h7H,1-6H2,(H2,15,18)(H,16,17)(H,19,20). The van der Waals surface area contributed by atoms with E-state index in [0.29, 0.717) is 18.7 Å². The minimum absolute atomic E-state index is 0.290. The molecule has 20 heavy (non-hydrogen) atoms. The zero-order valence-corrected chi connectivity index (χ0v) is 11.1. The summed E-state index contributed by atoms with van der Waals surface area (Å²) in [7, 11) is 0. The van der Waals surface area contributed by atoms with E-state index in [0.717, 1.165) is 36.9 Å². The number of aliphatic carboxylic acids is 1. The number of nitrogens with one attached hydrogen (secondary N) is 1. The first kappa shape index (κ1) is 12.9. The van der Waals surface area contributed by atoms with Crippen LogP contribution in [-0.4, -0.2) is 27.5 Å². The van der Waals surface area contributed by atoms with Gasteiger partial charge in [-0.05, 0) is 50.2 Å². The topological polar surface area (TPSA) is 105 Å². The molecule has 0 saturated heterocycles. The van der Waals surface area contributed by atoms with Crippen LogP contribution in [-0.2, 0) is 17.6 Å². The number of carboxylic acids is 1. The molecule has 0 radical (unpaired) electrons. The monoisotopic (exact) mass is 275 g/mol. The van der Waals surface area contributed by atoms with Crippen LogP contribution in [0.5, 0.6) is 0 Å². The second-order valence-electron chi connectivity index (χ2n) is 5.57. The summed E-state index contributed by atoms with van der Waals surface area (Å²) in [5, 5.41) is 12.3. The molecular formula is C14H17N3O3. The van der Waals surface area contributed by atoms with Gasteiger partial charge in [0, 0.05) is 5.69 Å². The first-order valence-corrected chi connectivity index (χ1v) is 6.86. The fourth-order valence-electron chi connectivity index (χ4n) is 2.90. The Bertz CT molecular complexity index is 594. The van der Waals surface area contributed by atoms with E-state index in [1.54, 1.807) is 6.07 Å². The average molecular weight is 275 g/mol. The molecule has 2 aliphatic rings. The van der Waals surface area contributed by atoms with Crippen LogP contribution in [0, 0.1) is 0 Å². The van der Waals surface area contributed by atoms with Crippen molar-refractivity contribution in [2.75, 3.05) is 5.32 Å². The molecule has 0 spiro atoms. The molecule has 0 aromatic carbocycles. The maximum absolute atomic E-state index is 11.6. The van der Waals surface area contributed by atoms with Gasteiger partial charge in [-0.1, -0.05) is 0 Å². The number of aromatic nitrogens is 1. The van der Waals surface area contributed by atoms with Gasteiger partial charge in [-0.15, -0.1) is 0 Å². The second-order valence-corrected chi connectivity index (χ2v) is 5.57. The van der Waals surface area contributed by atoms with Gasteiger partial charge in [0.05, 0.1) is 5.56 Å². The Kier molecular flexibility index (Phi) is 2.88. The summed E-state index contributed by atoms with van der Waals surface area (Å²) >= 11 is 0. The van der Waals surface area contributed by atoms with Crippen LogP contribution < -0.4 is 11.1 Å². The van der Waals surface area contributed by atoms with Gasteiger partial charge < -0.3 is 16.2 Å². The SMILES string of the molecule is NC(=O)c1cc2c(nc1NC1(C(=O)O)CCC1)CCC2. The van der Waals surface area contributed by atoms with Crippen molar-refractivity contribution < 1.29 is 14.7 Å². The highest BCUT2D eigenvalue weighted by Gasteiger charge is 2.45.